The van der Waals surface area contributed by atoms with E-state index in [2.05, 4.69) is 10.6 Å². The molecule has 6 nitrogen and oxygen atoms in total. The number of halogens is 1. The van der Waals surface area contributed by atoms with Gasteiger partial charge in [0.15, 0.2) is 0 Å². The third-order valence-electron chi connectivity index (χ3n) is 3.00. The van der Waals surface area contributed by atoms with Gasteiger partial charge in [0.1, 0.15) is 17.6 Å². The maximum atomic E-state index is 12.0. The molecule has 1 aromatic carbocycles. The van der Waals surface area contributed by atoms with Crippen LogP contribution < -0.4 is 15.4 Å². The van der Waals surface area contributed by atoms with Crippen molar-refractivity contribution in [3.63, 3.8) is 0 Å². The van der Waals surface area contributed by atoms with Gasteiger partial charge < -0.3 is 24.5 Å². The van der Waals surface area contributed by atoms with Gasteiger partial charge in [-0.1, -0.05) is 11.6 Å². The van der Waals surface area contributed by atoms with E-state index in [1.165, 1.54) is 7.11 Å². The molecule has 118 valence electrons. The molecule has 1 atom stereocenters. The molecule has 0 aliphatic heterocycles. The van der Waals surface area contributed by atoms with Crippen molar-refractivity contribution in [1.82, 2.24) is 5.32 Å². The molecule has 22 heavy (non-hydrogen) atoms. The smallest absolute Gasteiger partial charge is 0.319 e. The summed E-state index contributed by atoms with van der Waals surface area (Å²) in [5, 5.41) is 5.89. The van der Waals surface area contributed by atoms with Gasteiger partial charge in [0, 0.05) is 12.1 Å². The number of furan rings is 1. The average Bonchev–Trinajstić information content (AvgIpc) is 3.02. The molecule has 0 saturated heterocycles. The highest BCUT2D eigenvalue weighted by molar-refractivity contribution is 6.31. The number of benzene rings is 1. The monoisotopic (exact) mass is 324 g/mol. The van der Waals surface area contributed by atoms with Crippen LogP contribution in [0.25, 0.3) is 0 Å². The number of methoxy groups -OCH3 is 2. The van der Waals surface area contributed by atoms with Crippen molar-refractivity contribution in [1.29, 1.82) is 0 Å². The Balaban J connectivity index is 1.94. The summed E-state index contributed by atoms with van der Waals surface area (Å²) in [6, 6.07) is 8.13. The maximum absolute atomic E-state index is 12.0. The SMILES string of the molecule is COc1ccc(Cl)cc1NC(=O)NC[C@@H](OC)c1ccco1. The molecule has 2 aromatic rings. The molecule has 2 N–H and O–H groups in total. The summed E-state index contributed by atoms with van der Waals surface area (Å²) in [5.41, 5.74) is 0.486. The Kier molecular flexibility index (Phi) is 5.68. The number of carbonyl (C=O) groups is 1. The highest BCUT2D eigenvalue weighted by Gasteiger charge is 2.15. The predicted octanol–water partition coefficient (Wildman–Crippen LogP) is 3.45. The number of anilines is 1. The molecule has 0 fully saturated rings. The first kappa shape index (κ1) is 16.2. The summed E-state index contributed by atoms with van der Waals surface area (Å²) >= 11 is 5.92. The van der Waals surface area contributed by atoms with Crippen molar-refractivity contribution in [2.24, 2.45) is 0 Å². The molecule has 2 amide bonds. The number of hydrogen-bond acceptors (Lipinski definition) is 4. The van der Waals surface area contributed by atoms with Crippen LogP contribution in [0.2, 0.25) is 5.02 Å². The fraction of sp³-hybridized carbons (Fsp3) is 0.267. The molecule has 0 aliphatic carbocycles. The summed E-state index contributed by atoms with van der Waals surface area (Å²) in [5.74, 6) is 1.16. The highest BCUT2D eigenvalue weighted by Crippen LogP contribution is 2.27. The average molecular weight is 325 g/mol. The van der Waals surface area contributed by atoms with Crippen molar-refractivity contribution in [2.75, 3.05) is 26.1 Å². The fourth-order valence-electron chi connectivity index (χ4n) is 1.90. The highest BCUT2D eigenvalue weighted by atomic mass is 35.5. The summed E-state index contributed by atoms with van der Waals surface area (Å²) in [6.07, 6.45) is 1.19. The summed E-state index contributed by atoms with van der Waals surface area (Å²) in [7, 11) is 3.07. The molecule has 0 unspecified atom stereocenters. The zero-order valence-corrected chi connectivity index (χ0v) is 13.0. The standard InChI is InChI=1S/C15H17ClN2O4/c1-20-12-6-5-10(16)8-11(12)18-15(19)17-9-14(21-2)13-4-3-7-22-13/h3-8,14H,9H2,1-2H3,(H2,17,18,19)/t14-/m1/s1. The lowest BCUT2D eigenvalue weighted by atomic mass is 10.2. The van der Waals surface area contributed by atoms with Crippen LogP contribution in [0.4, 0.5) is 10.5 Å². The van der Waals surface area contributed by atoms with Crippen molar-refractivity contribution < 1.29 is 18.7 Å². The molecule has 0 spiro atoms. The van der Waals surface area contributed by atoms with E-state index in [0.29, 0.717) is 22.2 Å². The summed E-state index contributed by atoms with van der Waals surface area (Å²) < 4.78 is 15.7. The summed E-state index contributed by atoms with van der Waals surface area (Å²) in [6.45, 7) is 0.263. The van der Waals surface area contributed by atoms with E-state index < -0.39 is 6.03 Å². The predicted molar refractivity (Wildman–Crippen MR) is 83.5 cm³/mol. The first-order chi connectivity index (χ1) is 10.6. The zero-order chi connectivity index (χ0) is 15.9. The van der Waals surface area contributed by atoms with E-state index in [0.717, 1.165) is 0 Å². The lowest BCUT2D eigenvalue weighted by molar-refractivity contribution is 0.0855. The van der Waals surface area contributed by atoms with Gasteiger partial charge in [-0.25, -0.2) is 4.79 Å². The molecule has 0 aliphatic rings. The van der Waals surface area contributed by atoms with E-state index in [1.54, 1.807) is 43.7 Å². The fourth-order valence-corrected chi connectivity index (χ4v) is 2.08. The van der Waals surface area contributed by atoms with Crippen LogP contribution in [0.1, 0.15) is 11.9 Å². The van der Waals surface area contributed by atoms with Crippen LogP contribution in [0.5, 0.6) is 5.75 Å². The summed E-state index contributed by atoms with van der Waals surface area (Å²) in [4.78, 5) is 12.0. The molecule has 1 heterocycles. The van der Waals surface area contributed by atoms with Crippen LogP contribution >= 0.6 is 11.6 Å². The second-order valence-electron chi connectivity index (χ2n) is 4.42. The molecule has 1 aromatic heterocycles. The van der Waals surface area contributed by atoms with Gasteiger partial charge >= 0.3 is 6.03 Å². The van der Waals surface area contributed by atoms with E-state index in [9.17, 15) is 4.79 Å². The largest absolute Gasteiger partial charge is 0.495 e. The van der Waals surface area contributed by atoms with E-state index in [4.69, 9.17) is 25.5 Å². The molecule has 0 saturated carbocycles. The number of rotatable bonds is 6. The second-order valence-corrected chi connectivity index (χ2v) is 4.86. The topological polar surface area (TPSA) is 72.7 Å². The number of hydrogen-bond donors (Lipinski definition) is 2. The van der Waals surface area contributed by atoms with Gasteiger partial charge in [0.2, 0.25) is 0 Å². The normalized spacial score (nSPS) is 11.8. The molecule has 7 heteroatoms. The Morgan fingerprint density at radius 1 is 1.36 bits per heavy atom. The molecule has 0 radical (unpaired) electrons. The van der Waals surface area contributed by atoms with Gasteiger partial charge in [-0.3, -0.25) is 0 Å². The van der Waals surface area contributed by atoms with Crippen molar-refractivity contribution in [3.05, 3.63) is 47.4 Å². The quantitative estimate of drug-likeness (QED) is 0.853. The van der Waals surface area contributed by atoms with E-state index in [-0.39, 0.29) is 12.6 Å². The minimum Gasteiger partial charge on any atom is -0.495 e. The maximum Gasteiger partial charge on any atom is 0.319 e. The minimum absolute atomic E-state index is 0.263. The number of ether oxygens (including phenoxy) is 2. The van der Waals surface area contributed by atoms with Gasteiger partial charge in [-0.15, -0.1) is 0 Å². The number of amides is 2. The third-order valence-corrected chi connectivity index (χ3v) is 3.24. The Morgan fingerprint density at radius 3 is 2.82 bits per heavy atom. The number of carbonyl (C=O) groups excluding carboxylic acids is 1. The van der Waals surface area contributed by atoms with Crippen LogP contribution in [-0.2, 0) is 4.74 Å². The number of urea groups is 1. The van der Waals surface area contributed by atoms with Crippen LogP contribution in [0.15, 0.2) is 41.0 Å². The number of nitrogens with one attached hydrogen (secondary N) is 2. The molecule has 0 bridgehead atoms. The third kappa shape index (κ3) is 4.16. The Labute approximate surface area is 133 Å². The molecular weight excluding hydrogens is 308 g/mol. The Morgan fingerprint density at radius 2 is 2.18 bits per heavy atom. The van der Waals surface area contributed by atoms with E-state index in [1.807, 2.05) is 0 Å². The zero-order valence-electron chi connectivity index (χ0n) is 12.3. The van der Waals surface area contributed by atoms with Crippen molar-refractivity contribution in [2.45, 2.75) is 6.10 Å². The minimum atomic E-state index is -0.394. The Bertz CT molecular complexity index is 616. The Hall–Kier alpha value is -2.18. The van der Waals surface area contributed by atoms with Gasteiger partial charge in [-0.05, 0) is 30.3 Å². The van der Waals surface area contributed by atoms with Crippen molar-refractivity contribution in [3.8, 4) is 5.75 Å². The lowest BCUT2D eigenvalue weighted by Crippen LogP contribution is -2.32. The van der Waals surface area contributed by atoms with Crippen molar-refractivity contribution >= 4 is 23.3 Å². The van der Waals surface area contributed by atoms with Gasteiger partial charge in [0.25, 0.3) is 0 Å². The van der Waals surface area contributed by atoms with Gasteiger partial charge in [-0.2, -0.15) is 0 Å². The van der Waals surface area contributed by atoms with E-state index >= 15 is 0 Å². The first-order valence-corrected chi connectivity index (χ1v) is 6.96. The van der Waals surface area contributed by atoms with Crippen LogP contribution in [0, 0.1) is 0 Å². The molecule has 2 rings (SSSR count). The molecular formula is C15H17ClN2O4. The van der Waals surface area contributed by atoms with Crippen LogP contribution in [0.3, 0.4) is 0 Å². The lowest BCUT2D eigenvalue weighted by Gasteiger charge is -2.15. The van der Waals surface area contributed by atoms with Gasteiger partial charge in [0.05, 0.1) is 25.6 Å². The first-order valence-electron chi connectivity index (χ1n) is 6.58. The van der Waals surface area contributed by atoms with Crippen LogP contribution in [-0.4, -0.2) is 26.8 Å². The second kappa shape index (κ2) is 7.72.